The van der Waals surface area contributed by atoms with Gasteiger partial charge in [-0.2, -0.15) is 4.31 Å². The fourth-order valence-corrected chi connectivity index (χ4v) is 6.96. The van der Waals surface area contributed by atoms with E-state index in [1.807, 2.05) is 0 Å². The van der Waals surface area contributed by atoms with Crippen molar-refractivity contribution >= 4 is 38.3 Å². The summed E-state index contributed by atoms with van der Waals surface area (Å²) in [6, 6.07) is -0.659. The third kappa shape index (κ3) is 5.12. The maximum absolute atomic E-state index is 13.2. The molecular formula is C21H29N5O5S2. The minimum atomic E-state index is -3.93. The molecule has 10 nitrogen and oxygen atoms in total. The highest BCUT2D eigenvalue weighted by Crippen LogP contribution is 2.31. The van der Waals surface area contributed by atoms with Crippen LogP contribution in [0.3, 0.4) is 0 Å². The first kappa shape index (κ1) is 23.8. The number of hydrogen-bond acceptors (Lipinski definition) is 8. The lowest BCUT2D eigenvalue weighted by Crippen LogP contribution is -2.58. The van der Waals surface area contributed by atoms with E-state index in [2.05, 4.69) is 15.5 Å². The molecule has 12 heteroatoms. The van der Waals surface area contributed by atoms with Crippen molar-refractivity contribution < 1.29 is 22.5 Å². The average molecular weight is 496 g/mol. The van der Waals surface area contributed by atoms with Crippen molar-refractivity contribution in [2.24, 2.45) is 5.92 Å². The van der Waals surface area contributed by atoms with Gasteiger partial charge in [0, 0.05) is 24.7 Å². The number of amides is 2. The standard InChI is InChI=1S/C21H29N5O5S2/c1-14-19(15(2)31-24-14)33(29,30)25-9-10-26(18(27)13-25)17(12-16-6-4-3-5-7-16)20(28)23-21-22-8-11-32-21/h8,11,16-17H,3-7,9-10,12-13H2,1-2H3,(H,22,23,28). The molecule has 2 aliphatic rings. The van der Waals surface area contributed by atoms with E-state index in [1.165, 1.54) is 29.6 Å². The maximum Gasteiger partial charge on any atom is 0.249 e. The third-order valence-corrected chi connectivity index (χ3v) is 9.19. The highest BCUT2D eigenvalue weighted by Gasteiger charge is 2.40. The lowest BCUT2D eigenvalue weighted by atomic mass is 9.84. The predicted octanol–water partition coefficient (Wildman–Crippen LogP) is 2.56. The number of rotatable bonds is 7. The maximum atomic E-state index is 13.2. The number of carbonyl (C=O) groups is 2. The van der Waals surface area contributed by atoms with E-state index in [0.717, 1.165) is 30.0 Å². The zero-order valence-corrected chi connectivity index (χ0v) is 20.5. The van der Waals surface area contributed by atoms with Crippen LogP contribution in [0.5, 0.6) is 0 Å². The van der Waals surface area contributed by atoms with E-state index in [0.29, 0.717) is 17.5 Å². The van der Waals surface area contributed by atoms with Gasteiger partial charge in [-0.3, -0.25) is 9.59 Å². The fourth-order valence-electron chi connectivity index (χ4n) is 4.76. The molecule has 2 aromatic rings. The summed E-state index contributed by atoms with van der Waals surface area (Å²) in [5.74, 6) is -0.0966. The number of sulfonamides is 1. The highest BCUT2D eigenvalue weighted by molar-refractivity contribution is 7.89. The number of aryl methyl sites for hydroxylation is 2. The summed E-state index contributed by atoms with van der Waals surface area (Å²) in [6.45, 7) is 3.02. The van der Waals surface area contributed by atoms with Crippen molar-refractivity contribution in [3.63, 3.8) is 0 Å². The summed E-state index contributed by atoms with van der Waals surface area (Å²) in [5.41, 5.74) is 0.264. The molecule has 1 aliphatic carbocycles. The molecule has 180 valence electrons. The van der Waals surface area contributed by atoms with Gasteiger partial charge >= 0.3 is 0 Å². The first-order chi connectivity index (χ1) is 15.8. The molecule has 1 saturated carbocycles. The first-order valence-electron chi connectivity index (χ1n) is 11.2. The van der Waals surface area contributed by atoms with Gasteiger partial charge in [0.15, 0.2) is 10.9 Å². The minimum absolute atomic E-state index is 0.00372. The molecule has 1 saturated heterocycles. The van der Waals surface area contributed by atoms with Crippen LogP contribution in [0.15, 0.2) is 21.0 Å². The van der Waals surface area contributed by atoms with Crippen molar-refractivity contribution in [1.82, 2.24) is 19.3 Å². The normalized spacial score (nSPS) is 19.6. The highest BCUT2D eigenvalue weighted by atomic mass is 32.2. The van der Waals surface area contributed by atoms with Crippen LogP contribution < -0.4 is 5.32 Å². The van der Waals surface area contributed by atoms with Gasteiger partial charge in [0.1, 0.15) is 16.6 Å². The van der Waals surface area contributed by atoms with Crippen molar-refractivity contribution in [3.05, 3.63) is 23.0 Å². The largest absolute Gasteiger partial charge is 0.360 e. The van der Waals surface area contributed by atoms with Crippen LogP contribution in [0, 0.1) is 19.8 Å². The van der Waals surface area contributed by atoms with Crippen molar-refractivity contribution in [1.29, 1.82) is 0 Å². The molecule has 0 radical (unpaired) electrons. The number of thiazole rings is 1. The molecule has 2 aromatic heterocycles. The molecule has 1 N–H and O–H groups in total. The third-order valence-electron chi connectivity index (χ3n) is 6.41. The monoisotopic (exact) mass is 495 g/mol. The lowest BCUT2D eigenvalue weighted by Gasteiger charge is -2.39. The molecule has 0 aromatic carbocycles. The first-order valence-corrected chi connectivity index (χ1v) is 13.5. The molecule has 0 bridgehead atoms. The number of nitrogens with zero attached hydrogens (tertiary/aromatic N) is 4. The van der Waals surface area contributed by atoms with Gasteiger partial charge in [-0.25, -0.2) is 13.4 Å². The summed E-state index contributed by atoms with van der Waals surface area (Å²) in [4.78, 5) is 32.0. The number of carbonyl (C=O) groups excluding carboxylic acids is 2. The zero-order valence-electron chi connectivity index (χ0n) is 18.8. The van der Waals surface area contributed by atoms with E-state index >= 15 is 0 Å². The van der Waals surface area contributed by atoms with Gasteiger partial charge in [-0.15, -0.1) is 11.3 Å². The molecule has 1 aliphatic heterocycles. The topological polar surface area (TPSA) is 126 Å². The molecule has 1 unspecified atom stereocenters. The Kier molecular flexibility index (Phi) is 7.15. The van der Waals surface area contributed by atoms with Crippen LogP contribution in [0.25, 0.3) is 0 Å². The number of nitrogens with one attached hydrogen (secondary N) is 1. The van der Waals surface area contributed by atoms with Crippen LogP contribution >= 0.6 is 11.3 Å². The van der Waals surface area contributed by atoms with Crippen molar-refractivity contribution in [2.45, 2.75) is 63.3 Å². The van der Waals surface area contributed by atoms with Gasteiger partial charge in [-0.1, -0.05) is 37.3 Å². The predicted molar refractivity (Wildman–Crippen MR) is 122 cm³/mol. The van der Waals surface area contributed by atoms with E-state index < -0.39 is 16.1 Å². The molecule has 4 rings (SSSR count). The quantitative estimate of drug-likeness (QED) is 0.626. The second-order valence-electron chi connectivity index (χ2n) is 8.66. The van der Waals surface area contributed by atoms with Crippen LogP contribution in [0.1, 0.15) is 50.0 Å². The van der Waals surface area contributed by atoms with E-state index in [-0.39, 0.29) is 47.8 Å². The molecule has 33 heavy (non-hydrogen) atoms. The number of piperazine rings is 1. The van der Waals surface area contributed by atoms with Crippen molar-refractivity contribution in [3.8, 4) is 0 Å². The number of aromatic nitrogens is 2. The second kappa shape index (κ2) is 9.90. The van der Waals surface area contributed by atoms with Gasteiger partial charge in [0.2, 0.25) is 21.8 Å². The molecular weight excluding hydrogens is 466 g/mol. The lowest BCUT2D eigenvalue weighted by molar-refractivity contribution is -0.142. The molecule has 1 atom stereocenters. The number of hydrogen-bond donors (Lipinski definition) is 1. The zero-order chi connectivity index (χ0) is 23.6. The van der Waals surface area contributed by atoms with Crippen LogP contribution in [-0.4, -0.2) is 65.3 Å². The second-order valence-corrected chi connectivity index (χ2v) is 11.4. The van der Waals surface area contributed by atoms with Gasteiger partial charge in [-0.05, 0) is 26.2 Å². The number of anilines is 1. The van der Waals surface area contributed by atoms with Crippen molar-refractivity contribution in [2.75, 3.05) is 25.0 Å². The van der Waals surface area contributed by atoms with Crippen LogP contribution in [-0.2, 0) is 19.6 Å². The Balaban J connectivity index is 1.51. The molecule has 3 heterocycles. The minimum Gasteiger partial charge on any atom is -0.360 e. The summed E-state index contributed by atoms with van der Waals surface area (Å²) in [6.07, 6.45) is 7.71. The van der Waals surface area contributed by atoms with Crippen LogP contribution in [0.2, 0.25) is 0 Å². The Labute approximate surface area is 197 Å². The summed E-state index contributed by atoms with van der Waals surface area (Å²) >= 11 is 1.32. The molecule has 2 amide bonds. The summed E-state index contributed by atoms with van der Waals surface area (Å²) in [7, 11) is -3.93. The SMILES string of the molecule is Cc1noc(C)c1S(=O)(=O)N1CCN(C(CC2CCCCC2)C(=O)Nc2nccs2)C(=O)C1. The van der Waals surface area contributed by atoms with E-state index in [4.69, 9.17) is 4.52 Å². The smallest absolute Gasteiger partial charge is 0.249 e. The van der Waals surface area contributed by atoms with E-state index in [1.54, 1.807) is 18.5 Å². The molecule has 2 fully saturated rings. The summed E-state index contributed by atoms with van der Waals surface area (Å²) in [5, 5.41) is 8.82. The van der Waals surface area contributed by atoms with Gasteiger partial charge in [0.05, 0.1) is 6.54 Å². The Morgan fingerprint density at radius 1 is 1.27 bits per heavy atom. The fraction of sp³-hybridized carbons (Fsp3) is 0.619. The van der Waals surface area contributed by atoms with Gasteiger partial charge in [0.25, 0.3) is 0 Å². The Morgan fingerprint density at radius 3 is 2.64 bits per heavy atom. The average Bonchev–Trinajstić information content (AvgIpc) is 3.42. The Hall–Kier alpha value is -2.31. The molecule has 0 spiro atoms. The summed E-state index contributed by atoms with van der Waals surface area (Å²) < 4.78 is 32.5. The Morgan fingerprint density at radius 2 is 2.03 bits per heavy atom. The Bertz CT molecular complexity index is 1070. The van der Waals surface area contributed by atoms with Gasteiger partial charge < -0.3 is 14.7 Å². The van der Waals surface area contributed by atoms with E-state index in [9.17, 15) is 18.0 Å². The van der Waals surface area contributed by atoms with Crippen LogP contribution in [0.4, 0.5) is 5.13 Å².